The second-order valence-corrected chi connectivity index (χ2v) is 9.36. The monoisotopic (exact) mass is 433 g/mol. The molecule has 156 valence electrons. The Morgan fingerprint density at radius 2 is 2.00 bits per heavy atom. The van der Waals surface area contributed by atoms with E-state index < -0.39 is 0 Å². The summed E-state index contributed by atoms with van der Waals surface area (Å²) in [4.78, 5) is 1.10. The van der Waals surface area contributed by atoms with E-state index in [1.807, 2.05) is 18.2 Å². The summed E-state index contributed by atoms with van der Waals surface area (Å²) in [7, 11) is 0. The molecule has 4 nitrogen and oxygen atoms in total. The van der Waals surface area contributed by atoms with Crippen molar-refractivity contribution in [3.05, 3.63) is 52.5 Å². The van der Waals surface area contributed by atoms with E-state index in [1.54, 1.807) is 11.9 Å². The first kappa shape index (κ1) is 20.9. The molecule has 1 fully saturated rings. The third kappa shape index (κ3) is 5.02. The molecule has 2 aromatic carbocycles. The molecule has 4 rings (SSSR count). The molecule has 2 heterocycles. The van der Waals surface area contributed by atoms with Gasteiger partial charge in [-0.25, -0.2) is 0 Å². The summed E-state index contributed by atoms with van der Waals surface area (Å²) < 4.78 is 13.8. The van der Waals surface area contributed by atoms with Crippen LogP contribution in [-0.4, -0.2) is 31.0 Å². The van der Waals surface area contributed by atoms with Crippen molar-refractivity contribution in [3.63, 3.8) is 0 Å². The molecule has 0 amide bonds. The molecule has 0 radical (unpaired) electrons. The third-order valence-corrected chi connectivity index (χ3v) is 7.19. The number of nitrogens with zero attached hydrogens (tertiary/aromatic N) is 1. The van der Waals surface area contributed by atoms with Gasteiger partial charge in [0.2, 0.25) is 0 Å². The van der Waals surface area contributed by atoms with Crippen LogP contribution in [0.15, 0.2) is 41.3 Å². The highest BCUT2D eigenvalue weighted by atomic mass is 35.5. The number of hydrogen-bond acceptors (Lipinski definition) is 5. The van der Waals surface area contributed by atoms with Crippen LogP contribution < -0.4 is 9.04 Å². The van der Waals surface area contributed by atoms with E-state index in [1.165, 1.54) is 11.3 Å². The molecule has 0 aliphatic carbocycles. The van der Waals surface area contributed by atoms with Crippen LogP contribution in [0.4, 0.5) is 5.69 Å². The Labute approximate surface area is 182 Å². The van der Waals surface area contributed by atoms with Gasteiger partial charge in [-0.2, -0.15) is 0 Å². The Morgan fingerprint density at radius 1 is 1.17 bits per heavy atom. The lowest BCUT2D eigenvalue weighted by Gasteiger charge is -2.36. The zero-order chi connectivity index (χ0) is 20.2. The van der Waals surface area contributed by atoms with Crippen molar-refractivity contribution in [3.8, 4) is 5.75 Å². The summed E-state index contributed by atoms with van der Waals surface area (Å²) >= 11 is 7.90. The maximum absolute atomic E-state index is 9.89. The lowest BCUT2D eigenvalue weighted by Crippen LogP contribution is -2.31. The first-order chi connectivity index (χ1) is 14.1. The predicted octanol–water partition coefficient (Wildman–Crippen LogP) is 5.49. The zero-order valence-electron chi connectivity index (χ0n) is 16.8. The van der Waals surface area contributed by atoms with Gasteiger partial charge in [0.15, 0.2) is 0 Å². The molecule has 1 unspecified atom stereocenters. The lowest BCUT2D eigenvalue weighted by molar-refractivity contribution is 0.0494. The van der Waals surface area contributed by atoms with Crippen LogP contribution >= 0.6 is 23.5 Å². The Balaban J connectivity index is 1.48. The summed E-state index contributed by atoms with van der Waals surface area (Å²) in [5.41, 5.74) is 3.36. The molecule has 2 aliphatic rings. The number of rotatable bonds is 6. The van der Waals surface area contributed by atoms with Crippen molar-refractivity contribution in [1.29, 1.82) is 0 Å². The molecule has 0 saturated carbocycles. The highest BCUT2D eigenvalue weighted by Gasteiger charge is 2.25. The minimum atomic E-state index is -0.0285. The molecule has 0 spiro atoms. The molecule has 29 heavy (non-hydrogen) atoms. The number of aliphatic hydroxyl groups is 1. The molecular weight excluding hydrogens is 406 g/mol. The van der Waals surface area contributed by atoms with E-state index >= 15 is 0 Å². The fourth-order valence-electron chi connectivity index (χ4n) is 3.94. The zero-order valence-corrected chi connectivity index (χ0v) is 18.3. The standard InChI is InChI=1S/C23H28ClNO3S/c1-16-2-3-18-12-20(24)4-6-22(18)25(16)29-21-5-7-23(19(13-21)14-26)28-15-17-8-10-27-11-9-17/h4-7,12-13,16-17,26H,2-3,8-11,14-15H2,1H3. The van der Waals surface area contributed by atoms with Crippen LogP contribution in [0, 0.1) is 5.92 Å². The van der Waals surface area contributed by atoms with E-state index in [2.05, 4.69) is 29.4 Å². The third-order valence-electron chi connectivity index (χ3n) is 5.73. The quantitative estimate of drug-likeness (QED) is 0.610. The van der Waals surface area contributed by atoms with Gasteiger partial charge in [-0.3, -0.25) is 0 Å². The van der Waals surface area contributed by atoms with Crippen molar-refractivity contribution < 1.29 is 14.6 Å². The van der Waals surface area contributed by atoms with Crippen LogP contribution in [0.2, 0.25) is 5.02 Å². The molecule has 2 aromatic rings. The summed E-state index contributed by atoms with van der Waals surface area (Å²) in [6.07, 6.45) is 4.23. The summed E-state index contributed by atoms with van der Waals surface area (Å²) in [5, 5.41) is 10.7. The van der Waals surface area contributed by atoms with Crippen LogP contribution in [0.25, 0.3) is 0 Å². The summed E-state index contributed by atoms with van der Waals surface area (Å²) in [5.74, 6) is 1.31. The normalized spacial score (nSPS) is 19.8. The van der Waals surface area contributed by atoms with E-state index in [-0.39, 0.29) is 6.61 Å². The lowest BCUT2D eigenvalue weighted by atomic mass is 9.99. The van der Waals surface area contributed by atoms with Crippen LogP contribution in [-0.2, 0) is 17.8 Å². The van der Waals surface area contributed by atoms with E-state index in [4.69, 9.17) is 21.1 Å². The van der Waals surface area contributed by atoms with E-state index in [0.717, 1.165) is 60.1 Å². The molecule has 1 atom stereocenters. The molecule has 2 aliphatic heterocycles. The number of benzene rings is 2. The van der Waals surface area contributed by atoms with Crippen molar-refractivity contribution in [1.82, 2.24) is 0 Å². The van der Waals surface area contributed by atoms with Gasteiger partial charge in [-0.05, 0) is 92.4 Å². The molecule has 1 N–H and O–H groups in total. The van der Waals surface area contributed by atoms with Gasteiger partial charge in [0.25, 0.3) is 0 Å². The van der Waals surface area contributed by atoms with Gasteiger partial charge in [0.05, 0.1) is 18.9 Å². The average Bonchev–Trinajstić information content (AvgIpc) is 2.75. The van der Waals surface area contributed by atoms with Crippen LogP contribution in [0.5, 0.6) is 5.75 Å². The maximum atomic E-state index is 9.89. The van der Waals surface area contributed by atoms with Gasteiger partial charge >= 0.3 is 0 Å². The number of hydrogen-bond donors (Lipinski definition) is 1. The van der Waals surface area contributed by atoms with Crippen LogP contribution in [0.1, 0.15) is 37.3 Å². The number of halogens is 1. The Kier molecular flexibility index (Phi) is 6.91. The second kappa shape index (κ2) is 9.61. The number of anilines is 1. The van der Waals surface area contributed by atoms with E-state index in [0.29, 0.717) is 18.6 Å². The Morgan fingerprint density at radius 3 is 2.79 bits per heavy atom. The van der Waals surface area contributed by atoms with Crippen molar-refractivity contribution in [2.45, 2.75) is 50.2 Å². The van der Waals surface area contributed by atoms with Crippen molar-refractivity contribution in [2.24, 2.45) is 5.92 Å². The molecule has 1 saturated heterocycles. The molecule has 6 heteroatoms. The Hall–Kier alpha value is -1.40. The van der Waals surface area contributed by atoms with Gasteiger partial charge in [0, 0.05) is 34.7 Å². The van der Waals surface area contributed by atoms with Crippen molar-refractivity contribution in [2.75, 3.05) is 24.1 Å². The topological polar surface area (TPSA) is 41.9 Å². The van der Waals surface area contributed by atoms with Gasteiger partial charge in [-0.1, -0.05) is 11.6 Å². The Bertz CT molecular complexity index is 841. The summed E-state index contributed by atoms with van der Waals surface area (Å²) in [6.45, 7) is 4.54. The summed E-state index contributed by atoms with van der Waals surface area (Å²) in [6, 6.07) is 12.7. The first-order valence-electron chi connectivity index (χ1n) is 10.3. The van der Waals surface area contributed by atoms with Crippen molar-refractivity contribution >= 4 is 29.2 Å². The van der Waals surface area contributed by atoms with Gasteiger partial charge in [-0.15, -0.1) is 0 Å². The fraction of sp³-hybridized carbons (Fsp3) is 0.478. The second-order valence-electron chi connectivity index (χ2n) is 7.87. The van der Waals surface area contributed by atoms with Gasteiger partial charge < -0.3 is 18.9 Å². The highest BCUT2D eigenvalue weighted by molar-refractivity contribution is 8.00. The first-order valence-corrected chi connectivity index (χ1v) is 11.5. The smallest absolute Gasteiger partial charge is 0.124 e. The molecule has 0 bridgehead atoms. The minimum Gasteiger partial charge on any atom is -0.493 e. The highest BCUT2D eigenvalue weighted by Crippen LogP contribution is 2.40. The number of aryl methyl sites for hydroxylation is 1. The van der Waals surface area contributed by atoms with Gasteiger partial charge in [0.1, 0.15) is 5.75 Å². The molecular formula is C23H28ClNO3S. The van der Waals surface area contributed by atoms with E-state index in [9.17, 15) is 5.11 Å². The fourth-order valence-corrected chi connectivity index (χ4v) is 5.25. The number of aliphatic hydroxyl groups excluding tert-OH is 1. The number of ether oxygens (including phenoxy) is 2. The minimum absolute atomic E-state index is 0.0285. The maximum Gasteiger partial charge on any atom is 0.124 e. The number of fused-ring (bicyclic) bond motifs is 1. The average molecular weight is 434 g/mol. The largest absolute Gasteiger partial charge is 0.493 e. The SMILES string of the molecule is CC1CCc2cc(Cl)ccc2N1Sc1ccc(OCC2CCOCC2)c(CO)c1. The predicted molar refractivity (Wildman–Crippen MR) is 119 cm³/mol. The molecule has 0 aromatic heterocycles. The van der Waals surface area contributed by atoms with Crippen LogP contribution in [0.3, 0.4) is 0 Å².